The molecule has 1 aromatic heterocycles. The maximum absolute atomic E-state index is 5.60. The number of hydrogen-bond donors (Lipinski definition) is 1. The van der Waals surface area contributed by atoms with Crippen molar-refractivity contribution in [1.82, 2.24) is 4.57 Å². The van der Waals surface area contributed by atoms with E-state index < -0.39 is 0 Å². The minimum Gasteiger partial charge on any atom is -0.350 e. The standard InChI is InChI=1S/C12H16N2S/c1-14-8-9(5-6-13)11-4-3-10(15-2)7-12(11)14/h3-4,7-8H,5-6,13H2,1-2H3. The second-order valence-corrected chi connectivity index (χ2v) is 4.57. The number of benzene rings is 1. The number of rotatable bonds is 3. The van der Waals surface area contributed by atoms with Crippen LogP contribution in [0.2, 0.25) is 0 Å². The fourth-order valence-corrected chi connectivity index (χ4v) is 2.36. The summed E-state index contributed by atoms with van der Waals surface area (Å²) in [4.78, 5) is 1.31. The minimum atomic E-state index is 0.712. The van der Waals surface area contributed by atoms with Crippen LogP contribution in [0.15, 0.2) is 29.3 Å². The SMILES string of the molecule is CSc1ccc2c(CCN)cn(C)c2c1. The van der Waals surface area contributed by atoms with Crippen LogP contribution < -0.4 is 5.73 Å². The van der Waals surface area contributed by atoms with Crippen molar-refractivity contribution in [2.75, 3.05) is 12.8 Å². The molecular formula is C12H16N2S. The largest absolute Gasteiger partial charge is 0.350 e. The molecule has 0 bridgehead atoms. The van der Waals surface area contributed by atoms with Crippen molar-refractivity contribution in [3.63, 3.8) is 0 Å². The molecule has 1 aromatic carbocycles. The lowest BCUT2D eigenvalue weighted by atomic mass is 10.1. The molecule has 0 spiro atoms. The van der Waals surface area contributed by atoms with E-state index >= 15 is 0 Å². The van der Waals surface area contributed by atoms with E-state index in [4.69, 9.17) is 5.73 Å². The number of nitrogens with two attached hydrogens (primary N) is 1. The highest BCUT2D eigenvalue weighted by molar-refractivity contribution is 7.98. The molecule has 1 heterocycles. The fraction of sp³-hybridized carbons (Fsp3) is 0.333. The third-order valence-electron chi connectivity index (χ3n) is 2.69. The van der Waals surface area contributed by atoms with Crippen molar-refractivity contribution in [2.24, 2.45) is 12.8 Å². The highest BCUT2D eigenvalue weighted by Crippen LogP contribution is 2.25. The zero-order valence-corrected chi connectivity index (χ0v) is 9.97. The molecule has 0 unspecified atom stereocenters. The molecule has 2 nitrogen and oxygen atoms in total. The predicted molar refractivity (Wildman–Crippen MR) is 67.5 cm³/mol. The van der Waals surface area contributed by atoms with Crippen LogP contribution in [0, 0.1) is 0 Å². The molecule has 0 radical (unpaired) electrons. The topological polar surface area (TPSA) is 30.9 Å². The third kappa shape index (κ3) is 1.90. The molecule has 0 aliphatic rings. The van der Waals surface area contributed by atoms with Gasteiger partial charge in [0.25, 0.3) is 0 Å². The average molecular weight is 220 g/mol. The monoisotopic (exact) mass is 220 g/mol. The van der Waals surface area contributed by atoms with Gasteiger partial charge >= 0.3 is 0 Å². The Balaban J connectivity index is 2.59. The Bertz CT molecular complexity index is 474. The molecule has 3 heteroatoms. The summed E-state index contributed by atoms with van der Waals surface area (Å²) in [6, 6.07) is 6.61. The first kappa shape index (κ1) is 10.6. The van der Waals surface area contributed by atoms with Crippen LogP contribution in [0.4, 0.5) is 0 Å². The van der Waals surface area contributed by atoms with Gasteiger partial charge in [-0.25, -0.2) is 0 Å². The van der Waals surface area contributed by atoms with Gasteiger partial charge in [-0.05, 0) is 36.9 Å². The zero-order valence-electron chi connectivity index (χ0n) is 9.16. The van der Waals surface area contributed by atoms with Gasteiger partial charge in [0, 0.05) is 29.0 Å². The highest BCUT2D eigenvalue weighted by Gasteiger charge is 2.06. The molecule has 2 rings (SSSR count). The molecule has 0 saturated carbocycles. The number of fused-ring (bicyclic) bond motifs is 1. The van der Waals surface area contributed by atoms with Crippen LogP contribution in [-0.2, 0) is 13.5 Å². The van der Waals surface area contributed by atoms with Crippen LogP contribution in [0.1, 0.15) is 5.56 Å². The van der Waals surface area contributed by atoms with Gasteiger partial charge in [-0.1, -0.05) is 6.07 Å². The Morgan fingerprint density at radius 2 is 2.20 bits per heavy atom. The Morgan fingerprint density at radius 3 is 2.87 bits per heavy atom. The molecule has 0 aliphatic heterocycles. The van der Waals surface area contributed by atoms with E-state index in [1.165, 1.54) is 21.4 Å². The second kappa shape index (κ2) is 4.29. The quantitative estimate of drug-likeness (QED) is 0.805. The van der Waals surface area contributed by atoms with Crippen molar-refractivity contribution in [2.45, 2.75) is 11.3 Å². The van der Waals surface area contributed by atoms with E-state index in [0.717, 1.165) is 6.42 Å². The van der Waals surface area contributed by atoms with Gasteiger partial charge in [-0.2, -0.15) is 0 Å². The number of nitrogens with zero attached hydrogens (tertiary/aromatic N) is 1. The number of hydrogen-bond acceptors (Lipinski definition) is 2. The molecule has 80 valence electrons. The second-order valence-electron chi connectivity index (χ2n) is 3.69. The van der Waals surface area contributed by atoms with Gasteiger partial charge in [0.05, 0.1) is 0 Å². The van der Waals surface area contributed by atoms with Gasteiger partial charge in [0.1, 0.15) is 0 Å². The van der Waals surface area contributed by atoms with Crippen LogP contribution >= 0.6 is 11.8 Å². The van der Waals surface area contributed by atoms with Gasteiger partial charge < -0.3 is 10.3 Å². The Kier molecular flexibility index (Phi) is 3.03. The first-order chi connectivity index (χ1) is 7.26. The number of aromatic nitrogens is 1. The van der Waals surface area contributed by atoms with E-state index in [1.54, 1.807) is 11.8 Å². The maximum atomic E-state index is 5.60. The predicted octanol–water partition coefficient (Wildman–Crippen LogP) is 2.40. The van der Waals surface area contributed by atoms with Crippen LogP contribution in [-0.4, -0.2) is 17.4 Å². The van der Waals surface area contributed by atoms with Crippen molar-refractivity contribution in [3.05, 3.63) is 30.0 Å². The lowest BCUT2D eigenvalue weighted by Gasteiger charge is -1.99. The van der Waals surface area contributed by atoms with Crippen molar-refractivity contribution in [1.29, 1.82) is 0 Å². The maximum Gasteiger partial charge on any atom is 0.0491 e. The fourth-order valence-electron chi connectivity index (χ4n) is 1.93. The van der Waals surface area contributed by atoms with Crippen LogP contribution in [0.5, 0.6) is 0 Å². The summed E-state index contributed by atoms with van der Waals surface area (Å²) in [5.74, 6) is 0. The summed E-state index contributed by atoms with van der Waals surface area (Å²) < 4.78 is 2.18. The molecule has 0 saturated heterocycles. The summed E-state index contributed by atoms with van der Waals surface area (Å²) in [6.07, 6.45) is 5.24. The summed E-state index contributed by atoms with van der Waals surface area (Å²) in [7, 11) is 2.09. The first-order valence-corrected chi connectivity index (χ1v) is 6.30. The molecule has 2 N–H and O–H groups in total. The molecule has 0 fully saturated rings. The smallest absolute Gasteiger partial charge is 0.0491 e. The van der Waals surface area contributed by atoms with E-state index in [0.29, 0.717) is 6.54 Å². The Morgan fingerprint density at radius 1 is 1.40 bits per heavy atom. The van der Waals surface area contributed by atoms with Crippen molar-refractivity contribution < 1.29 is 0 Å². The van der Waals surface area contributed by atoms with Gasteiger partial charge in [-0.15, -0.1) is 11.8 Å². The van der Waals surface area contributed by atoms with Gasteiger partial charge in [0.15, 0.2) is 0 Å². The summed E-state index contributed by atoms with van der Waals surface area (Å²) in [5, 5.41) is 1.33. The normalized spacial score (nSPS) is 11.1. The third-order valence-corrected chi connectivity index (χ3v) is 3.42. The Hall–Kier alpha value is -0.930. The number of aryl methyl sites for hydroxylation is 1. The Labute approximate surface area is 94.5 Å². The summed E-state index contributed by atoms with van der Waals surface area (Å²) in [5.41, 5.74) is 8.25. The zero-order chi connectivity index (χ0) is 10.8. The van der Waals surface area contributed by atoms with E-state index in [9.17, 15) is 0 Å². The molecule has 2 aromatic rings. The van der Waals surface area contributed by atoms with E-state index in [-0.39, 0.29) is 0 Å². The molecule has 15 heavy (non-hydrogen) atoms. The lowest BCUT2D eigenvalue weighted by molar-refractivity contribution is 0.928. The molecule has 0 amide bonds. The highest BCUT2D eigenvalue weighted by atomic mass is 32.2. The molecule has 0 atom stereocenters. The first-order valence-electron chi connectivity index (χ1n) is 5.08. The van der Waals surface area contributed by atoms with Gasteiger partial charge in [-0.3, -0.25) is 0 Å². The molecular weight excluding hydrogens is 204 g/mol. The summed E-state index contributed by atoms with van der Waals surface area (Å²) in [6.45, 7) is 0.712. The minimum absolute atomic E-state index is 0.712. The average Bonchev–Trinajstić information content (AvgIpc) is 2.56. The van der Waals surface area contributed by atoms with Crippen LogP contribution in [0.25, 0.3) is 10.9 Å². The molecule has 0 aliphatic carbocycles. The van der Waals surface area contributed by atoms with Crippen molar-refractivity contribution >= 4 is 22.7 Å². The lowest BCUT2D eigenvalue weighted by Crippen LogP contribution is -2.01. The van der Waals surface area contributed by atoms with Crippen molar-refractivity contribution in [3.8, 4) is 0 Å². The van der Waals surface area contributed by atoms with E-state index in [2.05, 4.69) is 42.3 Å². The van der Waals surface area contributed by atoms with Gasteiger partial charge in [0.2, 0.25) is 0 Å². The number of thioether (sulfide) groups is 1. The summed E-state index contributed by atoms with van der Waals surface area (Å²) >= 11 is 1.78. The van der Waals surface area contributed by atoms with Crippen LogP contribution in [0.3, 0.4) is 0 Å². The van der Waals surface area contributed by atoms with E-state index in [1.807, 2.05) is 0 Å².